The van der Waals surface area contributed by atoms with Crippen LogP contribution in [0.25, 0.3) is 0 Å². The lowest BCUT2D eigenvalue weighted by atomic mass is 9.92. The highest BCUT2D eigenvalue weighted by molar-refractivity contribution is 5.53. The minimum atomic E-state index is 0.285. The van der Waals surface area contributed by atoms with Gasteiger partial charge in [-0.05, 0) is 37.9 Å². The lowest BCUT2D eigenvalue weighted by Gasteiger charge is -2.34. The topological polar surface area (TPSA) is 15.3 Å². The van der Waals surface area contributed by atoms with Gasteiger partial charge in [0, 0.05) is 25.3 Å². The Hall–Kier alpha value is -1.02. The van der Waals surface area contributed by atoms with E-state index in [0.717, 1.165) is 19.6 Å². The van der Waals surface area contributed by atoms with Crippen molar-refractivity contribution in [3.05, 3.63) is 29.8 Å². The molecule has 0 saturated carbocycles. The van der Waals surface area contributed by atoms with E-state index in [4.69, 9.17) is 0 Å². The van der Waals surface area contributed by atoms with Gasteiger partial charge in [0.2, 0.25) is 0 Å². The molecule has 0 unspecified atom stereocenters. The molecule has 0 spiro atoms. The van der Waals surface area contributed by atoms with Crippen LogP contribution in [0.2, 0.25) is 0 Å². The van der Waals surface area contributed by atoms with Crippen molar-refractivity contribution in [2.75, 3.05) is 31.6 Å². The molecule has 1 N–H and O–H groups in total. The summed E-state index contributed by atoms with van der Waals surface area (Å²) in [5.41, 5.74) is 3.00. The van der Waals surface area contributed by atoms with Crippen LogP contribution < -0.4 is 10.2 Å². The van der Waals surface area contributed by atoms with Crippen LogP contribution in [0.4, 0.5) is 5.69 Å². The standard InChI is InChI=1S/C15H26N2/c1-6-17(12-15(3,4)11-16-5)14-10-8-7-9-13(14)2/h7-10,16H,6,11-12H2,1-5H3. The van der Waals surface area contributed by atoms with E-state index in [1.807, 2.05) is 7.05 Å². The van der Waals surface area contributed by atoms with Crippen LogP contribution >= 0.6 is 0 Å². The number of nitrogens with one attached hydrogen (secondary N) is 1. The number of para-hydroxylation sites is 1. The number of hydrogen-bond acceptors (Lipinski definition) is 2. The third-order valence-corrected chi connectivity index (χ3v) is 3.11. The minimum absolute atomic E-state index is 0.285. The second kappa shape index (κ2) is 6.06. The number of aryl methyl sites for hydroxylation is 1. The Balaban J connectivity index is 2.83. The SMILES string of the molecule is CCN(CC(C)(C)CNC)c1ccccc1C. The molecule has 0 fully saturated rings. The average molecular weight is 234 g/mol. The van der Waals surface area contributed by atoms with Crippen LogP contribution in [0.15, 0.2) is 24.3 Å². The Bertz CT molecular complexity index is 345. The molecule has 0 amide bonds. The smallest absolute Gasteiger partial charge is 0.0396 e. The Kier molecular flexibility index (Phi) is 5.01. The van der Waals surface area contributed by atoms with Crippen molar-refractivity contribution in [3.8, 4) is 0 Å². The quantitative estimate of drug-likeness (QED) is 0.814. The van der Waals surface area contributed by atoms with Gasteiger partial charge in [0.25, 0.3) is 0 Å². The van der Waals surface area contributed by atoms with E-state index in [0.29, 0.717) is 0 Å². The molecule has 0 aromatic heterocycles. The molecule has 0 radical (unpaired) electrons. The summed E-state index contributed by atoms with van der Waals surface area (Å²) in [6.45, 7) is 12.2. The Morgan fingerprint density at radius 2 is 1.88 bits per heavy atom. The first-order chi connectivity index (χ1) is 8.00. The second-order valence-corrected chi connectivity index (χ2v) is 5.50. The Labute approximate surface area is 106 Å². The highest BCUT2D eigenvalue weighted by Gasteiger charge is 2.21. The van der Waals surface area contributed by atoms with Crippen LogP contribution in [0.5, 0.6) is 0 Å². The van der Waals surface area contributed by atoms with E-state index < -0.39 is 0 Å². The van der Waals surface area contributed by atoms with Crippen molar-refractivity contribution in [1.29, 1.82) is 0 Å². The Morgan fingerprint density at radius 1 is 1.24 bits per heavy atom. The monoisotopic (exact) mass is 234 g/mol. The van der Waals surface area contributed by atoms with E-state index in [1.165, 1.54) is 11.3 Å². The molecular formula is C15H26N2. The number of hydrogen-bond donors (Lipinski definition) is 1. The van der Waals surface area contributed by atoms with Gasteiger partial charge in [-0.25, -0.2) is 0 Å². The Morgan fingerprint density at radius 3 is 2.41 bits per heavy atom. The highest BCUT2D eigenvalue weighted by Crippen LogP contribution is 2.24. The summed E-state index contributed by atoms with van der Waals surface area (Å²) in [5.74, 6) is 0. The summed E-state index contributed by atoms with van der Waals surface area (Å²) < 4.78 is 0. The van der Waals surface area contributed by atoms with Crippen LogP contribution in [0.3, 0.4) is 0 Å². The number of rotatable bonds is 6. The molecule has 2 nitrogen and oxygen atoms in total. The van der Waals surface area contributed by atoms with Gasteiger partial charge in [0.05, 0.1) is 0 Å². The van der Waals surface area contributed by atoms with Gasteiger partial charge >= 0.3 is 0 Å². The minimum Gasteiger partial charge on any atom is -0.371 e. The fraction of sp³-hybridized carbons (Fsp3) is 0.600. The molecule has 0 atom stereocenters. The summed E-state index contributed by atoms with van der Waals surface area (Å²) in [6, 6.07) is 8.62. The van der Waals surface area contributed by atoms with E-state index in [-0.39, 0.29) is 5.41 Å². The van der Waals surface area contributed by atoms with Gasteiger partial charge < -0.3 is 10.2 Å². The fourth-order valence-electron chi connectivity index (χ4n) is 2.34. The molecule has 0 aliphatic carbocycles. The summed E-state index contributed by atoms with van der Waals surface area (Å²) in [7, 11) is 2.02. The zero-order chi connectivity index (χ0) is 12.9. The molecule has 0 heterocycles. The van der Waals surface area contributed by atoms with Crippen molar-refractivity contribution in [2.24, 2.45) is 5.41 Å². The van der Waals surface area contributed by atoms with E-state index >= 15 is 0 Å². The fourth-order valence-corrected chi connectivity index (χ4v) is 2.34. The zero-order valence-corrected chi connectivity index (χ0v) is 11.9. The lowest BCUT2D eigenvalue weighted by Crippen LogP contribution is -2.40. The first kappa shape index (κ1) is 14.0. The normalized spacial score (nSPS) is 11.6. The average Bonchev–Trinajstić information content (AvgIpc) is 2.27. The summed E-state index contributed by atoms with van der Waals surface area (Å²) in [6.07, 6.45) is 0. The number of anilines is 1. The molecular weight excluding hydrogens is 208 g/mol. The van der Waals surface area contributed by atoms with Gasteiger partial charge in [0.15, 0.2) is 0 Å². The lowest BCUT2D eigenvalue weighted by molar-refractivity contribution is 0.354. The third kappa shape index (κ3) is 4.04. The maximum atomic E-state index is 3.28. The first-order valence-corrected chi connectivity index (χ1v) is 6.45. The summed E-state index contributed by atoms with van der Waals surface area (Å²) in [4.78, 5) is 2.46. The highest BCUT2D eigenvalue weighted by atomic mass is 15.1. The molecule has 1 aromatic carbocycles. The molecule has 0 bridgehead atoms. The zero-order valence-electron chi connectivity index (χ0n) is 11.9. The summed E-state index contributed by atoms with van der Waals surface area (Å²) >= 11 is 0. The predicted octanol–water partition coefficient (Wildman–Crippen LogP) is 3.07. The van der Waals surface area contributed by atoms with Crippen molar-refractivity contribution in [3.63, 3.8) is 0 Å². The van der Waals surface area contributed by atoms with Gasteiger partial charge in [-0.2, -0.15) is 0 Å². The number of nitrogens with zero attached hydrogens (tertiary/aromatic N) is 1. The predicted molar refractivity (Wildman–Crippen MR) is 76.8 cm³/mol. The van der Waals surface area contributed by atoms with Crippen molar-refractivity contribution in [1.82, 2.24) is 5.32 Å². The van der Waals surface area contributed by atoms with Crippen molar-refractivity contribution < 1.29 is 0 Å². The molecule has 96 valence electrons. The molecule has 1 aromatic rings. The summed E-state index contributed by atoms with van der Waals surface area (Å²) in [5, 5.41) is 3.28. The first-order valence-electron chi connectivity index (χ1n) is 6.45. The van der Waals surface area contributed by atoms with Crippen LogP contribution in [-0.4, -0.2) is 26.7 Å². The van der Waals surface area contributed by atoms with Gasteiger partial charge in [-0.15, -0.1) is 0 Å². The van der Waals surface area contributed by atoms with Crippen molar-refractivity contribution in [2.45, 2.75) is 27.7 Å². The third-order valence-electron chi connectivity index (χ3n) is 3.11. The second-order valence-electron chi connectivity index (χ2n) is 5.50. The molecule has 0 saturated heterocycles. The molecule has 2 heteroatoms. The van der Waals surface area contributed by atoms with E-state index in [9.17, 15) is 0 Å². The van der Waals surface area contributed by atoms with Crippen molar-refractivity contribution >= 4 is 5.69 Å². The van der Waals surface area contributed by atoms with Crippen LogP contribution in [-0.2, 0) is 0 Å². The van der Waals surface area contributed by atoms with E-state index in [2.05, 4.69) is 62.2 Å². The maximum Gasteiger partial charge on any atom is 0.0396 e. The van der Waals surface area contributed by atoms with E-state index in [1.54, 1.807) is 0 Å². The molecule has 17 heavy (non-hydrogen) atoms. The van der Waals surface area contributed by atoms with Gasteiger partial charge in [0.1, 0.15) is 0 Å². The van der Waals surface area contributed by atoms with Gasteiger partial charge in [-0.1, -0.05) is 32.0 Å². The van der Waals surface area contributed by atoms with Crippen LogP contribution in [0, 0.1) is 12.3 Å². The molecule has 0 aliphatic heterocycles. The molecule has 0 aliphatic rings. The van der Waals surface area contributed by atoms with Gasteiger partial charge in [-0.3, -0.25) is 0 Å². The number of benzene rings is 1. The maximum absolute atomic E-state index is 3.28. The van der Waals surface area contributed by atoms with Crippen LogP contribution in [0.1, 0.15) is 26.3 Å². The molecule has 1 rings (SSSR count). The largest absolute Gasteiger partial charge is 0.371 e.